The molecule has 1 N–H and O–H groups in total. The summed E-state index contributed by atoms with van der Waals surface area (Å²) >= 11 is 0. The lowest BCUT2D eigenvalue weighted by molar-refractivity contribution is -0.138. The molecule has 0 aliphatic carbocycles. The molecule has 1 rings (SSSR count). The number of aliphatic carboxylic acids is 1. The third kappa shape index (κ3) is 3.80. The molecule has 0 amide bonds. The van der Waals surface area contributed by atoms with Crippen LogP contribution < -0.4 is 0 Å². The summed E-state index contributed by atoms with van der Waals surface area (Å²) in [6, 6.07) is 0.950. The summed E-state index contributed by atoms with van der Waals surface area (Å²) in [4.78, 5) is 15.0. The molecule has 4 heteroatoms. The Balaban J connectivity index is 2.42. The molecule has 88 valence electrons. The Morgan fingerprint density at radius 2 is 2.27 bits per heavy atom. The van der Waals surface area contributed by atoms with E-state index in [4.69, 9.17) is 5.11 Å². The highest BCUT2D eigenvalue weighted by molar-refractivity contribution is 5.69. The SMILES string of the molecule is CC(C)N(C)C[C@H]1CCCN1CC(=O)O. The van der Waals surface area contributed by atoms with Crippen molar-refractivity contribution in [1.29, 1.82) is 0 Å². The molecular formula is C11H22N2O2. The van der Waals surface area contributed by atoms with Gasteiger partial charge < -0.3 is 10.0 Å². The molecule has 1 fully saturated rings. The zero-order valence-electron chi connectivity index (χ0n) is 9.94. The number of carboxylic acid groups (broad SMARTS) is 1. The topological polar surface area (TPSA) is 43.8 Å². The summed E-state index contributed by atoms with van der Waals surface area (Å²) in [6.45, 7) is 6.43. The normalized spacial score (nSPS) is 22.9. The summed E-state index contributed by atoms with van der Waals surface area (Å²) in [5.41, 5.74) is 0. The summed E-state index contributed by atoms with van der Waals surface area (Å²) < 4.78 is 0. The third-order valence-electron chi connectivity index (χ3n) is 3.22. The van der Waals surface area contributed by atoms with Crippen LogP contribution in [-0.2, 0) is 4.79 Å². The van der Waals surface area contributed by atoms with E-state index in [2.05, 4.69) is 30.7 Å². The van der Waals surface area contributed by atoms with Gasteiger partial charge in [0.1, 0.15) is 0 Å². The van der Waals surface area contributed by atoms with Crippen LogP contribution in [0.5, 0.6) is 0 Å². The molecule has 0 radical (unpaired) electrons. The van der Waals surface area contributed by atoms with Crippen LogP contribution in [0.4, 0.5) is 0 Å². The second kappa shape index (κ2) is 5.47. The summed E-state index contributed by atoms with van der Waals surface area (Å²) in [5.74, 6) is -0.714. The van der Waals surface area contributed by atoms with Gasteiger partial charge in [0, 0.05) is 18.6 Å². The van der Waals surface area contributed by atoms with Crippen molar-refractivity contribution in [1.82, 2.24) is 9.80 Å². The molecule has 1 saturated heterocycles. The lowest BCUT2D eigenvalue weighted by Gasteiger charge is -2.29. The van der Waals surface area contributed by atoms with Gasteiger partial charge in [-0.3, -0.25) is 9.69 Å². The Morgan fingerprint density at radius 3 is 2.80 bits per heavy atom. The maximum Gasteiger partial charge on any atom is 0.317 e. The molecule has 1 aliphatic heterocycles. The van der Waals surface area contributed by atoms with Gasteiger partial charge in [-0.1, -0.05) is 0 Å². The van der Waals surface area contributed by atoms with Crippen LogP contribution in [0.2, 0.25) is 0 Å². The van der Waals surface area contributed by atoms with Crippen molar-refractivity contribution in [2.24, 2.45) is 0 Å². The van der Waals surface area contributed by atoms with Gasteiger partial charge >= 0.3 is 5.97 Å². The first-order valence-corrected chi connectivity index (χ1v) is 5.66. The van der Waals surface area contributed by atoms with Crippen LogP contribution in [0.25, 0.3) is 0 Å². The maximum atomic E-state index is 10.7. The van der Waals surface area contributed by atoms with Gasteiger partial charge in [0.2, 0.25) is 0 Å². The lowest BCUT2D eigenvalue weighted by Crippen LogP contribution is -2.43. The molecule has 0 saturated carbocycles. The predicted octanol–water partition coefficient (Wildman–Crippen LogP) is 0.876. The van der Waals surface area contributed by atoms with E-state index in [0.717, 1.165) is 25.9 Å². The van der Waals surface area contributed by atoms with E-state index in [0.29, 0.717) is 12.1 Å². The van der Waals surface area contributed by atoms with E-state index in [9.17, 15) is 4.79 Å². The van der Waals surface area contributed by atoms with Crippen LogP contribution in [0.3, 0.4) is 0 Å². The number of likely N-dealkylation sites (tertiary alicyclic amines) is 1. The number of hydrogen-bond donors (Lipinski definition) is 1. The molecule has 0 spiro atoms. The molecule has 0 aromatic carbocycles. The summed E-state index contributed by atoms with van der Waals surface area (Å²) in [6.07, 6.45) is 2.26. The molecule has 0 unspecified atom stereocenters. The molecule has 15 heavy (non-hydrogen) atoms. The van der Waals surface area contributed by atoms with Crippen molar-refractivity contribution in [3.63, 3.8) is 0 Å². The van der Waals surface area contributed by atoms with E-state index >= 15 is 0 Å². The van der Waals surface area contributed by atoms with Crippen molar-refractivity contribution in [3.05, 3.63) is 0 Å². The van der Waals surface area contributed by atoms with Crippen LogP contribution >= 0.6 is 0 Å². The third-order valence-corrected chi connectivity index (χ3v) is 3.22. The molecular weight excluding hydrogens is 192 g/mol. The molecule has 0 aromatic heterocycles. The molecule has 1 aliphatic rings. The maximum absolute atomic E-state index is 10.7. The van der Waals surface area contributed by atoms with Crippen LogP contribution in [0.15, 0.2) is 0 Å². The number of hydrogen-bond acceptors (Lipinski definition) is 3. The number of carbonyl (C=O) groups is 1. The highest BCUT2D eigenvalue weighted by Crippen LogP contribution is 2.17. The van der Waals surface area contributed by atoms with Crippen molar-refractivity contribution < 1.29 is 9.90 Å². The minimum atomic E-state index is -0.714. The second-order valence-electron chi connectivity index (χ2n) is 4.69. The lowest BCUT2D eigenvalue weighted by atomic mass is 10.2. The van der Waals surface area contributed by atoms with Crippen molar-refractivity contribution in [2.75, 3.05) is 26.7 Å². The number of rotatable bonds is 5. The van der Waals surface area contributed by atoms with Gasteiger partial charge in [-0.25, -0.2) is 0 Å². The second-order valence-corrected chi connectivity index (χ2v) is 4.69. The first-order chi connectivity index (χ1) is 7.00. The van der Waals surface area contributed by atoms with Gasteiger partial charge in [-0.15, -0.1) is 0 Å². The van der Waals surface area contributed by atoms with Gasteiger partial charge in [0.05, 0.1) is 6.54 Å². The average molecular weight is 214 g/mol. The van der Waals surface area contributed by atoms with Crippen molar-refractivity contribution in [2.45, 2.75) is 38.8 Å². The Labute approximate surface area is 91.9 Å². The number of carboxylic acids is 1. The van der Waals surface area contributed by atoms with E-state index in [1.165, 1.54) is 0 Å². The minimum Gasteiger partial charge on any atom is -0.480 e. The fraction of sp³-hybridized carbons (Fsp3) is 0.909. The molecule has 0 aromatic rings. The molecule has 4 nitrogen and oxygen atoms in total. The fourth-order valence-electron chi connectivity index (χ4n) is 2.03. The van der Waals surface area contributed by atoms with E-state index in [1.54, 1.807) is 0 Å². The smallest absolute Gasteiger partial charge is 0.317 e. The van der Waals surface area contributed by atoms with Gasteiger partial charge in [0.15, 0.2) is 0 Å². The number of likely N-dealkylation sites (N-methyl/N-ethyl adjacent to an activating group) is 1. The minimum absolute atomic E-state index is 0.191. The number of nitrogens with zero attached hydrogens (tertiary/aromatic N) is 2. The summed E-state index contributed by atoms with van der Waals surface area (Å²) in [7, 11) is 2.10. The average Bonchev–Trinajstić information content (AvgIpc) is 2.51. The Bertz CT molecular complexity index is 219. The first kappa shape index (κ1) is 12.5. The Hall–Kier alpha value is -0.610. The van der Waals surface area contributed by atoms with Gasteiger partial charge in [-0.2, -0.15) is 0 Å². The molecule has 1 atom stereocenters. The quantitative estimate of drug-likeness (QED) is 0.737. The summed E-state index contributed by atoms with van der Waals surface area (Å²) in [5, 5.41) is 8.78. The van der Waals surface area contributed by atoms with Crippen LogP contribution in [0, 0.1) is 0 Å². The molecule has 1 heterocycles. The Morgan fingerprint density at radius 1 is 1.60 bits per heavy atom. The van der Waals surface area contributed by atoms with E-state index in [1.807, 2.05) is 0 Å². The monoisotopic (exact) mass is 214 g/mol. The van der Waals surface area contributed by atoms with Crippen LogP contribution in [0.1, 0.15) is 26.7 Å². The zero-order valence-corrected chi connectivity index (χ0v) is 9.94. The standard InChI is InChI=1S/C11H22N2O2/c1-9(2)12(3)7-10-5-4-6-13(10)8-11(14)15/h9-10H,4-8H2,1-3H3,(H,14,15)/t10-/m1/s1. The van der Waals surface area contributed by atoms with Crippen molar-refractivity contribution in [3.8, 4) is 0 Å². The van der Waals surface area contributed by atoms with Crippen molar-refractivity contribution >= 4 is 5.97 Å². The molecule has 0 bridgehead atoms. The fourth-order valence-corrected chi connectivity index (χ4v) is 2.03. The highest BCUT2D eigenvalue weighted by Gasteiger charge is 2.27. The predicted molar refractivity (Wildman–Crippen MR) is 60.0 cm³/mol. The largest absolute Gasteiger partial charge is 0.480 e. The van der Waals surface area contributed by atoms with Crippen LogP contribution in [-0.4, -0.2) is 59.6 Å². The van der Waals surface area contributed by atoms with Gasteiger partial charge in [0.25, 0.3) is 0 Å². The Kier molecular flexibility index (Phi) is 4.54. The zero-order chi connectivity index (χ0) is 11.4. The van der Waals surface area contributed by atoms with Gasteiger partial charge in [-0.05, 0) is 40.3 Å². The van der Waals surface area contributed by atoms with E-state index in [-0.39, 0.29) is 6.54 Å². The van der Waals surface area contributed by atoms with E-state index < -0.39 is 5.97 Å². The first-order valence-electron chi connectivity index (χ1n) is 5.66. The highest BCUT2D eigenvalue weighted by atomic mass is 16.4.